The molecule has 28 heavy (non-hydrogen) atoms. The standard InChI is InChI=1S/C22H21FN4O/c23-18-8-4-6-16(14-18)21-24-12-11-20(26-21)27-13-5-7-17(15-27)22(28)25-19-9-2-1-3-10-19/h1-4,6,8-12,14,17H,5,7,13,15H2,(H,25,28). The fourth-order valence-corrected chi connectivity index (χ4v) is 3.46. The van der Waals surface area contributed by atoms with Crippen molar-refractivity contribution >= 4 is 17.4 Å². The molecule has 1 saturated heterocycles. The topological polar surface area (TPSA) is 58.1 Å². The van der Waals surface area contributed by atoms with E-state index in [1.54, 1.807) is 18.3 Å². The summed E-state index contributed by atoms with van der Waals surface area (Å²) in [6.45, 7) is 1.42. The molecule has 5 nitrogen and oxygen atoms in total. The second-order valence-corrected chi connectivity index (χ2v) is 6.89. The minimum absolute atomic E-state index is 0.0234. The summed E-state index contributed by atoms with van der Waals surface area (Å²) in [7, 11) is 0. The van der Waals surface area contributed by atoms with Crippen molar-refractivity contribution in [1.29, 1.82) is 0 Å². The van der Waals surface area contributed by atoms with E-state index in [0.29, 0.717) is 17.9 Å². The largest absolute Gasteiger partial charge is 0.356 e. The quantitative estimate of drug-likeness (QED) is 0.744. The molecule has 0 saturated carbocycles. The van der Waals surface area contributed by atoms with Crippen LogP contribution in [0.5, 0.6) is 0 Å². The van der Waals surface area contributed by atoms with Gasteiger partial charge in [0.1, 0.15) is 11.6 Å². The highest BCUT2D eigenvalue weighted by Crippen LogP contribution is 2.25. The summed E-state index contributed by atoms with van der Waals surface area (Å²) in [6, 6.07) is 17.6. The Morgan fingerprint density at radius 2 is 1.96 bits per heavy atom. The number of nitrogens with zero attached hydrogens (tertiary/aromatic N) is 3. The third-order valence-corrected chi connectivity index (χ3v) is 4.88. The van der Waals surface area contributed by atoms with E-state index in [4.69, 9.17) is 0 Å². The Bertz CT molecular complexity index is 964. The van der Waals surface area contributed by atoms with Crippen molar-refractivity contribution < 1.29 is 9.18 Å². The van der Waals surface area contributed by atoms with Crippen LogP contribution in [0.25, 0.3) is 11.4 Å². The zero-order chi connectivity index (χ0) is 19.3. The van der Waals surface area contributed by atoms with E-state index < -0.39 is 0 Å². The SMILES string of the molecule is O=C(Nc1ccccc1)C1CCCN(c2ccnc(-c3cccc(F)c3)n2)C1. The Morgan fingerprint density at radius 1 is 1.11 bits per heavy atom. The van der Waals surface area contributed by atoms with Gasteiger partial charge < -0.3 is 10.2 Å². The molecule has 2 aromatic carbocycles. The summed E-state index contributed by atoms with van der Waals surface area (Å²) in [5.41, 5.74) is 1.44. The van der Waals surface area contributed by atoms with Gasteiger partial charge in [-0.3, -0.25) is 4.79 Å². The van der Waals surface area contributed by atoms with Crippen molar-refractivity contribution in [3.63, 3.8) is 0 Å². The molecule has 1 amide bonds. The second-order valence-electron chi connectivity index (χ2n) is 6.89. The molecular formula is C22H21FN4O. The molecule has 0 spiro atoms. The van der Waals surface area contributed by atoms with E-state index in [0.717, 1.165) is 30.9 Å². The predicted octanol–water partition coefficient (Wildman–Crippen LogP) is 4.14. The molecule has 1 aliphatic heterocycles. The zero-order valence-corrected chi connectivity index (χ0v) is 15.4. The second kappa shape index (κ2) is 8.17. The number of carbonyl (C=O) groups is 1. The molecule has 1 N–H and O–H groups in total. The number of amides is 1. The fraction of sp³-hybridized carbons (Fsp3) is 0.227. The zero-order valence-electron chi connectivity index (χ0n) is 15.4. The molecule has 1 aromatic heterocycles. The van der Waals surface area contributed by atoms with Gasteiger partial charge in [0, 0.05) is 30.5 Å². The van der Waals surface area contributed by atoms with Gasteiger partial charge in [0.15, 0.2) is 5.82 Å². The van der Waals surface area contributed by atoms with Crippen LogP contribution in [0.1, 0.15) is 12.8 Å². The molecule has 1 atom stereocenters. The number of anilines is 2. The number of benzene rings is 2. The average Bonchev–Trinajstić information content (AvgIpc) is 2.75. The highest BCUT2D eigenvalue weighted by Gasteiger charge is 2.26. The highest BCUT2D eigenvalue weighted by atomic mass is 19.1. The summed E-state index contributed by atoms with van der Waals surface area (Å²) in [5.74, 6) is 0.832. The van der Waals surface area contributed by atoms with Crippen LogP contribution in [0, 0.1) is 11.7 Å². The van der Waals surface area contributed by atoms with Crippen LogP contribution >= 0.6 is 0 Å². The fourth-order valence-electron chi connectivity index (χ4n) is 3.46. The van der Waals surface area contributed by atoms with E-state index >= 15 is 0 Å². The first-order valence-electron chi connectivity index (χ1n) is 9.39. The molecule has 1 fully saturated rings. The Labute approximate surface area is 163 Å². The molecule has 2 heterocycles. The van der Waals surface area contributed by atoms with E-state index in [2.05, 4.69) is 20.2 Å². The molecule has 3 aromatic rings. The molecule has 0 radical (unpaired) electrons. The van der Waals surface area contributed by atoms with Gasteiger partial charge in [-0.15, -0.1) is 0 Å². The molecule has 1 unspecified atom stereocenters. The number of para-hydroxylation sites is 1. The Kier molecular flexibility index (Phi) is 5.28. The summed E-state index contributed by atoms with van der Waals surface area (Å²) in [6.07, 6.45) is 3.43. The lowest BCUT2D eigenvalue weighted by molar-refractivity contribution is -0.120. The van der Waals surface area contributed by atoms with Crippen LogP contribution in [-0.2, 0) is 4.79 Å². The Hall–Kier alpha value is -3.28. The maximum atomic E-state index is 13.5. The van der Waals surface area contributed by atoms with Gasteiger partial charge in [0.05, 0.1) is 5.92 Å². The van der Waals surface area contributed by atoms with Gasteiger partial charge in [-0.1, -0.05) is 30.3 Å². The number of rotatable bonds is 4. The first-order valence-corrected chi connectivity index (χ1v) is 9.39. The Balaban J connectivity index is 1.49. The van der Waals surface area contributed by atoms with Crippen LogP contribution in [0.3, 0.4) is 0 Å². The molecule has 142 valence electrons. The molecular weight excluding hydrogens is 355 g/mol. The lowest BCUT2D eigenvalue weighted by atomic mass is 9.97. The smallest absolute Gasteiger partial charge is 0.229 e. The van der Waals surface area contributed by atoms with Crippen LogP contribution in [-0.4, -0.2) is 29.0 Å². The molecule has 0 aliphatic carbocycles. The number of hydrogen-bond acceptors (Lipinski definition) is 4. The van der Waals surface area contributed by atoms with Crippen molar-refractivity contribution in [1.82, 2.24) is 9.97 Å². The van der Waals surface area contributed by atoms with Gasteiger partial charge >= 0.3 is 0 Å². The highest BCUT2D eigenvalue weighted by molar-refractivity contribution is 5.93. The third-order valence-electron chi connectivity index (χ3n) is 4.88. The van der Waals surface area contributed by atoms with Crippen molar-refractivity contribution in [2.45, 2.75) is 12.8 Å². The van der Waals surface area contributed by atoms with E-state index in [1.807, 2.05) is 36.4 Å². The first kappa shape index (κ1) is 18.1. The summed E-state index contributed by atoms with van der Waals surface area (Å²) in [5, 5.41) is 2.99. The van der Waals surface area contributed by atoms with E-state index in [-0.39, 0.29) is 17.6 Å². The van der Waals surface area contributed by atoms with Crippen LogP contribution in [0.4, 0.5) is 15.9 Å². The monoisotopic (exact) mass is 376 g/mol. The normalized spacial score (nSPS) is 16.6. The summed E-state index contributed by atoms with van der Waals surface area (Å²) >= 11 is 0. The van der Waals surface area contributed by atoms with Gasteiger partial charge in [-0.05, 0) is 43.2 Å². The maximum absolute atomic E-state index is 13.5. The molecule has 1 aliphatic rings. The van der Waals surface area contributed by atoms with Crippen molar-refractivity contribution in [2.75, 3.05) is 23.3 Å². The van der Waals surface area contributed by atoms with Gasteiger partial charge in [-0.2, -0.15) is 0 Å². The number of hydrogen-bond donors (Lipinski definition) is 1. The van der Waals surface area contributed by atoms with Gasteiger partial charge in [0.25, 0.3) is 0 Å². The number of nitrogens with one attached hydrogen (secondary N) is 1. The minimum atomic E-state index is -0.317. The lowest BCUT2D eigenvalue weighted by Crippen LogP contribution is -2.41. The third kappa shape index (κ3) is 4.17. The minimum Gasteiger partial charge on any atom is -0.356 e. The summed E-state index contributed by atoms with van der Waals surface area (Å²) in [4.78, 5) is 23.6. The average molecular weight is 376 g/mol. The predicted molar refractivity (Wildman–Crippen MR) is 107 cm³/mol. The number of carbonyl (C=O) groups excluding carboxylic acids is 1. The van der Waals surface area contributed by atoms with Gasteiger partial charge in [0.2, 0.25) is 5.91 Å². The van der Waals surface area contributed by atoms with Crippen LogP contribution in [0.2, 0.25) is 0 Å². The number of halogens is 1. The van der Waals surface area contributed by atoms with Crippen LogP contribution in [0.15, 0.2) is 66.9 Å². The lowest BCUT2D eigenvalue weighted by Gasteiger charge is -2.33. The summed E-state index contributed by atoms with van der Waals surface area (Å²) < 4.78 is 13.5. The Morgan fingerprint density at radius 3 is 2.79 bits per heavy atom. The van der Waals surface area contributed by atoms with Crippen molar-refractivity contribution in [2.24, 2.45) is 5.92 Å². The van der Waals surface area contributed by atoms with Crippen molar-refractivity contribution in [3.8, 4) is 11.4 Å². The van der Waals surface area contributed by atoms with E-state index in [9.17, 15) is 9.18 Å². The number of piperidine rings is 1. The van der Waals surface area contributed by atoms with Crippen molar-refractivity contribution in [3.05, 3.63) is 72.7 Å². The molecule has 6 heteroatoms. The first-order chi connectivity index (χ1) is 13.7. The maximum Gasteiger partial charge on any atom is 0.229 e. The van der Waals surface area contributed by atoms with Crippen LogP contribution < -0.4 is 10.2 Å². The number of aromatic nitrogens is 2. The van der Waals surface area contributed by atoms with Gasteiger partial charge in [-0.25, -0.2) is 14.4 Å². The van der Waals surface area contributed by atoms with E-state index in [1.165, 1.54) is 12.1 Å². The molecule has 0 bridgehead atoms. The molecule has 4 rings (SSSR count).